The summed E-state index contributed by atoms with van der Waals surface area (Å²) in [5, 5.41) is 13.9. The molecule has 1 saturated heterocycles. The number of rotatable bonds is 2. The quantitative estimate of drug-likeness (QED) is 0.704. The molecule has 1 fully saturated rings. The molecule has 1 amide bonds. The molecule has 3 aromatic rings. The van der Waals surface area contributed by atoms with Gasteiger partial charge in [0.05, 0.1) is 16.4 Å². The zero-order chi connectivity index (χ0) is 18.5. The van der Waals surface area contributed by atoms with Crippen molar-refractivity contribution < 1.29 is 14.3 Å². The van der Waals surface area contributed by atoms with Gasteiger partial charge in [-0.15, -0.1) is 0 Å². The van der Waals surface area contributed by atoms with E-state index in [1.165, 1.54) is 23.7 Å². The second-order valence-corrected chi connectivity index (χ2v) is 7.83. The monoisotopic (exact) mass is 383 g/mol. The number of nitrogens with zero attached hydrogens (tertiary/aromatic N) is 2. The first kappa shape index (κ1) is 16.6. The maximum absolute atomic E-state index is 13.6. The molecule has 2 aliphatic heterocycles. The molecule has 7 heteroatoms. The molecular formula is C20H18FN3O2S. The number of aliphatic hydroxyl groups is 1. The van der Waals surface area contributed by atoms with E-state index < -0.39 is 6.23 Å². The maximum atomic E-state index is 13.6. The minimum Gasteiger partial charge on any atom is -0.369 e. The number of nitrogens with one attached hydrogen (secondary N) is 1. The molecule has 3 heterocycles. The standard InChI is InChI=1S/C20H18FN3O2S/c21-11-7-8-12-16(10-11)27-23-18(12)15-5-1-2-9-24(15)14-6-3-4-13-17(14)20(26)22-19(13)25/h3-4,6-8,10,15,20,26H,1-2,5,9H2,(H,22,25). The highest BCUT2D eigenvalue weighted by molar-refractivity contribution is 7.13. The summed E-state index contributed by atoms with van der Waals surface area (Å²) >= 11 is 1.31. The van der Waals surface area contributed by atoms with Crippen LogP contribution in [0.2, 0.25) is 0 Å². The second kappa shape index (κ2) is 6.28. The third kappa shape index (κ3) is 2.61. The number of piperidine rings is 1. The maximum Gasteiger partial charge on any atom is 0.254 e. The molecule has 2 N–H and O–H groups in total. The average molecular weight is 383 g/mol. The summed E-state index contributed by atoms with van der Waals surface area (Å²) in [5.41, 5.74) is 2.97. The Bertz CT molecular complexity index is 1050. The van der Waals surface area contributed by atoms with Gasteiger partial charge >= 0.3 is 0 Å². The van der Waals surface area contributed by atoms with Crippen molar-refractivity contribution >= 4 is 33.2 Å². The highest BCUT2D eigenvalue weighted by atomic mass is 32.1. The molecule has 0 radical (unpaired) electrons. The summed E-state index contributed by atoms with van der Waals surface area (Å²) in [6.07, 6.45) is 2.05. The highest BCUT2D eigenvalue weighted by Crippen LogP contribution is 2.42. The van der Waals surface area contributed by atoms with E-state index in [4.69, 9.17) is 0 Å². The molecule has 0 aliphatic carbocycles. The van der Waals surface area contributed by atoms with E-state index in [9.17, 15) is 14.3 Å². The van der Waals surface area contributed by atoms with Crippen molar-refractivity contribution in [1.29, 1.82) is 0 Å². The van der Waals surface area contributed by atoms with Crippen molar-refractivity contribution in [3.63, 3.8) is 0 Å². The number of hydrogen-bond acceptors (Lipinski definition) is 5. The van der Waals surface area contributed by atoms with Crippen molar-refractivity contribution in [3.05, 3.63) is 59.0 Å². The Morgan fingerprint density at radius 3 is 3.04 bits per heavy atom. The van der Waals surface area contributed by atoms with Gasteiger partial charge in [0.25, 0.3) is 5.91 Å². The molecule has 1 aromatic heterocycles. The van der Waals surface area contributed by atoms with Crippen LogP contribution in [0.25, 0.3) is 10.1 Å². The average Bonchev–Trinajstić information content (AvgIpc) is 3.22. The molecule has 0 saturated carbocycles. The van der Waals surface area contributed by atoms with Gasteiger partial charge in [-0.25, -0.2) is 4.39 Å². The number of carbonyl (C=O) groups is 1. The van der Waals surface area contributed by atoms with Crippen LogP contribution in [0.5, 0.6) is 0 Å². The minimum absolute atomic E-state index is 0.0346. The van der Waals surface area contributed by atoms with Crippen LogP contribution in [-0.2, 0) is 0 Å². The Morgan fingerprint density at radius 1 is 1.26 bits per heavy atom. The van der Waals surface area contributed by atoms with E-state index in [0.29, 0.717) is 11.1 Å². The van der Waals surface area contributed by atoms with Gasteiger partial charge in [0.2, 0.25) is 0 Å². The predicted molar refractivity (Wildman–Crippen MR) is 102 cm³/mol. The van der Waals surface area contributed by atoms with Gasteiger partial charge in [-0.1, -0.05) is 6.07 Å². The molecule has 5 rings (SSSR count). The molecule has 27 heavy (non-hydrogen) atoms. The van der Waals surface area contributed by atoms with Gasteiger partial charge in [-0.05, 0) is 61.1 Å². The van der Waals surface area contributed by atoms with Gasteiger partial charge in [-0.3, -0.25) is 4.79 Å². The summed E-state index contributed by atoms with van der Waals surface area (Å²) in [6.45, 7) is 0.822. The summed E-state index contributed by atoms with van der Waals surface area (Å²) in [4.78, 5) is 14.3. The number of halogens is 1. The fourth-order valence-electron chi connectivity index (χ4n) is 4.24. The zero-order valence-electron chi connectivity index (χ0n) is 14.5. The van der Waals surface area contributed by atoms with E-state index in [-0.39, 0.29) is 17.8 Å². The third-order valence-corrected chi connectivity index (χ3v) is 6.28. The first-order valence-electron chi connectivity index (χ1n) is 9.07. The Kier molecular flexibility index (Phi) is 3.87. The lowest BCUT2D eigenvalue weighted by Crippen LogP contribution is -2.34. The Balaban J connectivity index is 1.63. The lowest BCUT2D eigenvalue weighted by atomic mass is 9.94. The topological polar surface area (TPSA) is 65.5 Å². The van der Waals surface area contributed by atoms with Crippen LogP contribution in [0.15, 0.2) is 36.4 Å². The van der Waals surface area contributed by atoms with E-state index in [2.05, 4.69) is 14.6 Å². The number of anilines is 1. The van der Waals surface area contributed by atoms with Crippen LogP contribution in [0.4, 0.5) is 10.1 Å². The van der Waals surface area contributed by atoms with Gasteiger partial charge in [0, 0.05) is 28.7 Å². The van der Waals surface area contributed by atoms with Crippen LogP contribution >= 0.6 is 11.5 Å². The van der Waals surface area contributed by atoms with Gasteiger partial charge < -0.3 is 15.3 Å². The Morgan fingerprint density at radius 2 is 2.15 bits per heavy atom. The molecule has 0 spiro atoms. The number of aliphatic hydroxyl groups excluding tert-OH is 1. The van der Waals surface area contributed by atoms with Gasteiger partial charge in [0.1, 0.15) is 5.82 Å². The summed E-state index contributed by atoms with van der Waals surface area (Å²) in [7, 11) is 0. The molecule has 5 nitrogen and oxygen atoms in total. The molecule has 2 aromatic carbocycles. The van der Waals surface area contributed by atoms with Crippen LogP contribution < -0.4 is 10.2 Å². The minimum atomic E-state index is -0.993. The molecule has 138 valence electrons. The van der Waals surface area contributed by atoms with Gasteiger partial charge in [0.15, 0.2) is 6.23 Å². The SMILES string of the molecule is O=C1NC(O)c2c1cccc2N1CCCCC1c1nsc2cc(F)ccc12. The molecule has 2 aliphatic rings. The van der Waals surface area contributed by atoms with Gasteiger partial charge in [-0.2, -0.15) is 4.37 Å². The van der Waals surface area contributed by atoms with E-state index in [0.717, 1.165) is 47.3 Å². The fourth-order valence-corrected chi connectivity index (χ4v) is 5.09. The van der Waals surface area contributed by atoms with E-state index in [1.807, 2.05) is 12.1 Å². The van der Waals surface area contributed by atoms with Crippen LogP contribution in [0.1, 0.15) is 53.1 Å². The highest BCUT2D eigenvalue weighted by Gasteiger charge is 2.35. The van der Waals surface area contributed by atoms with Crippen molar-refractivity contribution in [2.75, 3.05) is 11.4 Å². The number of benzene rings is 2. The number of hydrogen-bond donors (Lipinski definition) is 2. The number of carbonyl (C=O) groups excluding carboxylic acids is 1. The number of amides is 1. The normalized spacial score (nSPS) is 22.1. The smallest absolute Gasteiger partial charge is 0.254 e. The number of aromatic nitrogens is 1. The molecule has 0 bridgehead atoms. The molecule has 2 unspecified atom stereocenters. The third-order valence-electron chi connectivity index (χ3n) is 5.46. The Labute approximate surface area is 159 Å². The van der Waals surface area contributed by atoms with Crippen LogP contribution in [0, 0.1) is 5.82 Å². The molecular weight excluding hydrogens is 365 g/mol. The van der Waals surface area contributed by atoms with Crippen LogP contribution in [-0.4, -0.2) is 21.9 Å². The first-order valence-corrected chi connectivity index (χ1v) is 9.84. The number of fused-ring (bicyclic) bond motifs is 2. The molecule has 2 atom stereocenters. The fraction of sp³-hybridized carbons (Fsp3) is 0.300. The van der Waals surface area contributed by atoms with Crippen molar-refractivity contribution in [2.45, 2.75) is 31.5 Å². The largest absolute Gasteiger partial charge is 0.369 e. The lowest BCUT2D eigenvalue weighted by Gasteiger charge is -2.38. The lowest BCUT2D eigenvalue weighted by molar-refractivity contribution is 0.0851. The zero-order valence-corrected chi connectivity index (χ0v) is 15.3. The summed E-state index contributed by atoms with van der Waals surface area (Å²) in [5.74, 6) is -0.505. The van der Waals surface area contributed by atoms with E-state index >= 15 is 0 Å². The van der Waals surface area contributed by atoms with Crippen LogP contribution in [0.3, 0.4) is 0 Å². The summed E-state index contributed by atoms with van der Waals surface area (Å²) < 4.78 is 19.1. The van der Waals surface area contributed by atoms with E-state index in [1.54, 1.807) is 12.1 Å². The Hall–Kier alpha value is -2.51. The van der Waals surface area contributed by atoms with Crippen molar-refractivity contribution in [3.8, 4) is 0 Å². The summed E-state index contributed by atoms with van der Waals surface area (Å²) in [6, 6.07) is 10.4. The first-order chi connectivity index (χ1) is 13.1. The second-order valence-electron chi connectivity index (χ2n) is 7.03. The van der Waals surface area contributed by atoms with Crippen molar-refractivity contribution in [2.24, 2.45) is 0 Å². The predicted octanol–water partition coefficient (Wildman–Crippen LogP) is 3.90. The van der Waals surface area contributed by atoms with Crippen molar-refractivity contribution in [1.82, 2.24) is 9.69 Å².